The van der Waals surface area contributed by atoms with Crippen LogP contribution in [0.4, 0.5) is 0 Å². The van der Waals surface area contributed by atoms with E-state index in [1.54, 1.807) is 0 Å². The number of fused-ring (bicyclic) bond motifs is 1. The van der Waals surface area contributed by atoms with E-state index in [4.69, 9.17) is 5.73 Å². The van der Waals surface area contributed by atoms with Gasteiger partial charge in [0, 0.05) is 18.6 Å². The van der Waals surface area contributed by atoms with Crippen LogP contribution in [0.1, 0.15) is 43.7 Å². The fraction of sp³-hybridized carbons (Fsp3) is 0.588. The van der Waals surface area contributed by atoms with Crippen LogP contribution in [-0.4, -0.2) is 24.5 Å². The van der Waals surface area contributed by atoms with Crippen molar-refractivity contribution in [2.45, 2.75) is 50.2 Å². The van der Waals surface area contributed by atoms with Gasteiger partial charge in [-0.3, -0.25) is 4.79 Å². The fourth-order valence-corrected chi connectivity index (χ4v) is 3.67. The highest BCUT2D eigenvalue weighted by Crippen LogP contribution is 2.33. The fourth-order valence-electron chi connectivity index (χ4n) is 3.67. The number of hydrogen-bond acceptors (Lipinski definition) is 3. The zero-order valence-corrected chi connectivity index (χ0v) is 12.4. The molecule has 4 unspecified atom stereocenters. The minimum Gasteiger partial charge on any atom is -0.353 e. The summed E-state index contributed by atoms with van der Waals surface area (Å²) in [5, 5.41) is 6.51. The van der Waals surface area contributed by atoms with Crippen LogP contribution in [0.3, 0.4) is 0 Å². The molecule has 2 fully saturated rings. The number of rotatable bonds is 4. The summed E-state index contributed by atoms with van der Waals surface area (Å²) in [6.45, 7) is 0.496. The lowest BCUT2D eigenvalue weighted by molar-refractivity contribution is -0.122. The molecule has 0 radical (unpaired) electrons. The van der Waals surface area contributed by atoms with Gasteiger partial charge in [-0.2, -0.15) is 0 Å². The number of nitrogens with two attached hydrogens (primary N) is 1. The Morgan fingerprint density at radius 3 is 2.81 bits per heavy atom. The van der Waals surface area contributed by atoms with Gasteiger partial charge in [0.1, 0.15) is 0 Å². The van der Waals surface area contributed by atoms with Gasteiger partial charge < -0.3 is 16.4 Å². The molecule has 1 heterocycles. The molecule has 1 aliphatic heterocycles. The summed E-state index contributed by atoms with van der Waals surface area (Å²) in [4.78, 5) is 12.3. The monoisotopic (exact) mass is 287 g/mol. The summed E-state index contributed by atoms with van der Waals surface area (Å²) < 4.78 is 0. The van der Waals surface area contributed by atoms with Gasteiger partial charge in [0.2, 0.25) is 5.91 Å². The Morgan fingerprint density at radius 2 is 2.05 bits per heavy atom. The molecular formula is C17H25N3O. The summed E-state index contributed by atoms with van der Waals surface area (Å²) >= 11 is 0. The Hall–Kier alpha value is -1.39. The maximum atomic E-state index is 12.3. The standard InChI is InChI=1S/C17H25N3O/c18-14(12-6-2-1-3-7-12)11-19-17(21)16-10-13-8-4-5-9-15(13)20-16/h1-3,6-7,13-16,20H,4-5,8-11,18H2,(H,19,21). The van der Waals surface area contributed by atoms with Gasteiger partial charge in [-0.1, -0.05) is 43.2 Å². The second-order valence-corrected chi connectivity index (χ2v) is 6.37. The number of carbonyl (C=O) groups excluding carboxylic acids is 1. The molecule has 1 saturated heterocycles. The van der Waals surface area contributed by atoms with Crippen LogP contribution in [0.5, 0.6) is 0 Å². The number of amides is 1. The topological polar surface area (TPSA) is 67.1 Å². The first kappa shape index (κ1) is 14.5. The molecule has 0 bridgehead atoms. The van der Waals surface area contributed by atoms with Gasteiger partial charge in [-0.15, -0.1) is 0 Å². The van der Waals surface area contributed by atoms with E-state index in [1.165, 1.54) is 25.7 Å². The van der Waals surface area contributed by atoms with Crippen LogP contribution in [0.25, 0.3) is 0 Å². The first-order valence-corrected chi connectivity index (χ1v) is 8.08. The van der Waals surface area contributed by atoms with Crippen molar-refractivity contribution >= 4 is 5.91 Å². The van der Waals surface area contributed by atoms with Crippen LogP contribution in [0.2, 0.25) is 0 Å². The predicted molar refractivity (Wildman–Crippen MR) is 83.7 cm³/mol. The Morgan fingerprint density at radius 1 is 1.29 bits per heavy atom. The molecular weight excluding hydrogens is 262 g/mol. The first-order valence-electron chi connectivity index (χ1n) is 8.08. The minimum absolute atomic E-state index is 0.0268. The third-order valence-electron chi connectivity index (χ3n) is 4.90. The van der Waals surface area contributed by atoms with Crippen LogP contribution in [0, 0.1) is 5.92 Å². The second-order valence-electron chi connectivity index (χ2n) is 6.37. The highest BCUT2D eigenvalue weighted by atomic mass is 16.2. The van der Waals surface area contributed by atoms with E-state index in [9.17, 15) is 4.79 Å². The van der Waals surface area contributed by atoms with E-state index in [0.29, 0.717) is 18.5 Å². The van der Waals surface area contributed by atoms with Crippen LogP contribution in [0.15, 0.2) is 30.3 Å². The van der Waals surface area contributed by atoms with E-state index in [-0.39, 0.29) is 18.0 Å². The molecule has 0 aromatic heterocycles. The van der Waals surface area contributed by atoms with Crippen molar-refractivity contribution in [2.24, 2.45) is 11.7 Å². The van der Waals surface area contributed by atoms with Gasteiger partial charge in [-0.25, -0.2) is 0 Å². The van der Waals surface area contributed by atoms with Crippen molar-refractivity contribution < 1.29 is 4.79 Å². The number of carbonyl (C=O) groups is 1. The minimum atomic E-state index is -0.140. The average molecular weight is 287 g/mol. The Bertz CT molecular complexity index is 462. The first-order chi connectivity index (χ1) is 10.2. The molecule has 21 heavy (non-hydrogen) atoms. The molecule has 4 N–H and O–H groups in total. The largest absolute Gasteiger partial charge is 0.353 e. The summed E-state index contributed by atoms with van der Waals surface area (Å²) in [6, 6.07) is 10.3. The molecule has 1 aromatic carbocycles. The normalized spacial score (nSPS) is 29.7. The van der Waals surface area contributed by atoms with Crippen molar-refractivity contribution in [2.75, 3.05) is 6.54 Å². The molecule has 2 aliphatic rings. The van der Waals surface area contributed by atoms with Crippen LogP contribution < -0.4 is 16.4 Å². The summed E-state index contributed by atoms with van der Waals surface area (Å²) in [6.07, 6.45) is 6.08. The predicted octanol–water partition coefficient (Wildman–Crippen LogP) is 1.72. The molecule has 114 valence electrons. The van der Waals surface area contributed by atoms with Crippen molar-refractivity contribution in [3.05, 3.63) is 35.9 Å². The lowest BCUT2D eigenvalue weighted by Crippen LogP contribution is -2.44. The van der Waals surface area contributed by atoms with Gasteiger partial charge >= 0.3 is 0 Å². The van der Waals surface area contributed by atoms with Gasteiger partial charge in [-0.05, 0) is 30.7 Å². The molecule has 0 spiro atoms. The maximum absolute atomic E-state index is 12.3. The van der Waals surface area contributed by atoms with Crippen molar-refractivity contribution in [1.82, 2.24) is 10.6 Å². The van der Waals surface area contributed by atoms with Crippen molar-refractivity contribution in [3.8, 4) is 0 Å². The summed E-state index contributed by atoms with van der Waals surface area (Å²) in [7, 11) is 0. The van der Waals surface area contributed by atoms with E-state index < -0.39 is 0 Å². The zero-order chi connectivity index (χ0) is 14.7. The SMILES string of the molecule is NC(CNC(=O)C1CC2CCCCC2N1)c1ccccc1. The Kier molecular flexibility index (Phi) is 4.56. The average Bonchev–Trinajstić information content (AvgIpc) is 2.97. The van der Waals surface area contributed by atoms with Gasteiger partial charge in [0.05, 0.1) is 6.04 Å². The molecule has 1 aliphatic carbocycles. The maximum Gasteiger partial charge on any atom is 0.237 e. The Balaban J connectivity index is 1.48. The van der Waals surface area contributed by atoms with E-state index in [2.05, 4.69) is 10.6 Å². The number of benzene rings is 1. The molecule has 4 nitrogen and oxygen atoms in total. The van der Waals surface area contributed by atoms with E-state index in [0.717, 1.165) is 12.0 Å². The second kappa shape index (κ2) is 6.58. The molecule has 1 amide bonds. The molecule has 3 rings (SSSR count). The van der Waals surface area contributed by atoms with Gasteiger partial charge in [0.15, 0.2) is 0 Å². The molecule has 4 atom stereocenters. The lowest BCUT2D eigenvalue weighted by atomic mass is 9.85. The van der Waals surface area contributed by atoms with E-state index in [1.807, 2.05) is 30.3 Å². The molecule has 4 heteroatoms. The highest BCUT2D eigenvalue weighted by molar-refractivity contribution is 5.82. The smallest absolute Gasteiger partial charge is 0.237 e. The molecule has 1 aromatic rings. The summed E-state index contributed by atoms with van der Waals surface area (Å²) in [5.74, 6) is 0.799. The quantitative estimate of drug-likeness (QED) is 0.790. The highest BCUT2D eigenvalue weighted by Gasteiger charge is 2.38. The third-order valence-corrected chi connectivity index (χ3v) is 4.90. The lowest BCUT2D eigenvalue weighted by Gasteiger charge is -2.24. The van der Waals surface area contributed by atoms with Crippen molar-refractivity contribution in [1.29, 1.82) is 0 Å². The van der Waals surface area contributed by atoms with Gasteiger partial charge in [0.25, 0.3) is 0 Å². The molecule has 1 saturated carbocycles. The third kappa shape index (κ3) is 3.44. The summed E-state index contributed by atoms with van der Waals surface area (Å²) in [5.41, 5.74) is 7.18. The van der Waals surface area contributed by atoms with Crippen LogP contribution >= 0.6 is 0 Å². The van der Waals surface area contributed by atoms with Crippen molar-refractivity contribution in [3.63, 3.8) is 0 Å². The zero-order valence-electron chi connectivity index (χ0n) is 12.4. The number of hydrogen-bond donors (Lipinski definition) is 3. The Labute approximate surface area is 126 Å². The number of nitrogens with one attached hydrogen (secondary N) is 2. The van der Waals surface area contributed by atoms with E-state index >= 15 is 0 Å². The van der Waals surface area contributed by atoms with Crippen LogP contribution in [-0.2, 0) is 4.79 Å².